The number of nitrogens with one attached hydrogen (secondary N) is 2. The Morgan fingerprint density at radius 2 is 2.05 bits per heavy atom. The molecule has 0 aliphatic rings. The molecule has 1 aromatic carbocycles. The van der Waals surface area contributed by atoms with Crippen LogP contribution in [0.25, 0.3) is 0 Å². The minimum atomic E-state index is -0.446. The summed E-state index contributed by atoms with van der Waals surface area (Å²) >= 11 is 1.42. The molecule has 7 heteroatoms. The number of nitrogens with zero attached hydrogens (tertiary/aromatic N) is 3. The Kier molecular flexibility index (Phi) is 4.95. The molecule has 108 valence electrons. The van der Waals surface area contributed by atoms with E-state index >= 15 is 0 Å². The van der Waals surface area contributed by atoms with Crippen LogP contribution in [-0.2, 0) is 0 Å². The zero-order valence-corrected chi connectivity index (χ0v) is 12.5. The van der Waals surface area contributed by atoms with Gasteiger partial charge in [0.2, 0.25) is 0 Å². The van der Waals surface area contributed by atoms with Gasteiger partial charge < -0.3 is 10.6 Å². The Hall–Kier alpha value is -2.33. The van der Waals surface area contributed by atoms with Gasteiger partial charge in [-0.1, -0.05) is 11.8 Å². The minimum absolute atomic E-state index is 0.226. The molecule has 0 radical (unpaired) electrons. The molecule has 0 bridgehead atoms. The van der Waals surface area contributed by atoms with Gasteiger partial charge in [0, 0.05) is 12.6 Å². The van der Waals surface area contributed by atoms with Crippen molar-refractivity contribution in [1.82, 2.24) is 9.97 Å². The van der Waals surface area contributed by atoms with Gasteiger partial charge in [-0.25, -0.2) is 14.4 Å². The van der Waals surface area contributed by atoms with Crippen molar-refractivity contribution in [2.45, 2.75) is 12.1 Å². The molecule has 0 unspecified atom stereocenters. The van der Waals surface area contributed by atoms with Gasteiger partial charge in [0.25, 0.3) is 0 Å². The molecule has 1 aromatic heterocycles. The Morgan fingerprint density at radius 3 is 2.71 bits per heavy atom. The molecule has 0 aliphatic heterocycles. The average Bonchev–Trinajstić information content (AvgIpc) is 2.49. The second kappa shape index (κ2) is 6.90. The van der Waals surface area contributed by atoms with E-state index < -0.39 is 5.82 Å². The van der Waals surface area contributed by atoms with E-state index in [0.717, 1.165) is 6.54 Å². The second-order valence-electron chi connectivity index (χ2n) is 4.08. The first-order valence-electron chi connectivity index (χ1n) is 6.30. The SMILES string of the molecule is CCNc1cc(Nc2ccc(F)cc2C#N)nc(SC)n1. The standard InChI is InChI=1S/C14H14FN5S/c1-3-17-12-7-13(20-14(19-12)21-2)18-11-5-4-10(15)6-9(11)8-16/h4-7H,3H2,1-2H3,(H2,17,18,19,20). The van der Waals surface area contributed by atoms with Crippen LogP contribution in [0.15, 0.2) is 29.4 Å². The molecule has 0 aliphatic carbocycles. The van der Waals surface area contributed by atoms with E-state index in [1.54, 1.807) is 6.07 Å². The summed E-state index contributed by atoms with van der Waals surface area (Å²) in [6.45, 7) is 2.71. The van der Waals surface area contributed by atoms with Crippen LogP contribution in [0.1, 0.15) is 12.5 Å². The monoisotopic (exact) mass is 303 g/mol. The third-order valence-electron chi connectivity index (χ3n) is 2.61. The molecule has 2 aromatic rings. The summed E-state index contributed by atoms with van der Waals surface area (Å²) in [6, 6.07) is 7.70. The Morgan fingerprint density at radius 1 is 1.29 bits per heavy atom. The lowest BCUT2D eigenvalue weighted by molar-refractivity contribution is 0.627. The van der Waals surface area contributed by atoms with Crippen LogP contribution in [0, 0.1) is 17.1 Å². The number of anilines is 3. The number of hydrogen-bond donors (Lipinski definition) is 2. The predicted molar refractivity (Wildman–Crippen MR) is 82.4 cm³/mol. The highest BCUT2D eigenvalue weighted by Crippen LogP contribution is 2.23. The fraction of sp³-hybridized carbons (Fsp3) is 0.214. The van der Waals surface area contributed by atoms with Crippen molar-refractivity contribution in [3.05, 3.63) is 35.6 Å². The van der Waals surface area contributed by atoms with Crippen LogP contribution >= 0.6 is 11.8 Å². The first-order chi connectivity index (χ1) is 10.2. The van der Waals surface area contributed by atoms with Crippen molar-refractivity contribution in [3.63, 3.8) is 0 Å². The van der Waals surface area contributed by atoms with Crippen LogP contribution in [0.5, 0.6) is 0 Å². The molecule has 1 heterocycles. The van der Waals surface area contributed by atoms with Gasteiger partial charge in [-0.15, -0.1) is 0 Å². The minimum Gasteiger partial charge on any atom is -0.370 e. The first kappa shape index (κ1) is 15.1. The van der Waals surface area contributed by atoms with Crippen LogP contribution in [0.3, 0.4) is 0 Å². The van der Waals surface area contributed by atoms with Crippen LogP contribution in [0.2, 0.25) is 0 Å². The van der Waals surface area contributed by atoms with Gasteiger partial charge in [-0.2, -0.15) is 5.26 Å². The highest BCUT2D eigenvalue weighted by atomic mass is 32.2. The molecule has 0 amide bonds. The van der Waals surface area contributed by atoms with Gasteiger partial charge >= 0.3 is 0 Å². The molecule has 0 atom stereocenters. The molecule has 0 saturated carbocycles. The fourth-order valence-electron chi connectivity index (χ4n) is 1.71. The average molecular weight is 303 g/mol. The van der Waals surface area contributed by atoms with Crippen molar-refractivity contribution >= 4 is 29.1 Å². The topological polar surface area (TPSA) is 73.6 Å². The number of hydrogen-bond acceptors (Lipinski definition) is 6. The molecule has 2 N–H and O–H groups in total. The van der Waals surface area contributed by atoms with E-state index in [2.05, 4.69) is 20.6 Å². The molecule has 21 heavy (non-hydrogen) atoms. The number of halogens is 1. The van der Waals surface area contributed by atoms with Crippen molar-refractivity contribution < 1.29 is 4.39 Å². The summed E-state index contributed by atoms with van der Waals surface area (Å²) in [7, 11) is 0. The molecular weight excluding hydrogens is 289 g/mol. The summed E-state index contributed by atoms with van der Waals surface area (Å²) in [6.07, 6.45) is 1.88. The van der Waals surface area contributed by atoms with Crippen LogP contribution < -0.4 is 10.6 Å². The highest BCUT2D eigenvalue weighted by Gasteiger charge is 2.08. The lowest BCUT2D eigenvalue weighted by atomic mass is 10.2. The van der Waals surface area contributed by atoms with Gasteiger partial charge in [-0.3, -0.25) is 0 Å². The summed E-state index contributed by atoms with van der Waals surface area (Å²) in [4.78, 5) is 8.64. The van der Waals surface area contributed by atoms with E-state index in [0.29, 0.717) is 22.5 Å². The largest absolute Gasteiger partial charge is 0.370 e. The lowest BCUT2D eigenvalue weighted by Gasteiger charge is -2.10. The van der Waals surface area contributed by atoms with E-state index in [4.69, 9.17) is 5.26 Å². The predicted octanol–water partition coefficient (Wildman–Crippen LogP) is 3.38. The number of thioether (sulfide) groups is 1. The number of benzene rings is 1. The smallest absolute Gasteiger partial charge is 0.191 e. The first-order valence-corrected chi connectivity index (χ1v) is 7.52. The van der Waals surface area contributed by atoms with Gasteiger partial charge in [-0.05, 0) is 31.4 Å². The van der Waals surface area contributed by atoms with E-state index in [1.807, 2.05) is 19.2 Å². The summed E-state index contributed by atoms with van der Waals surface area (Å²) in [5.41, 5.74) is 0.733. The van der Waals surface area contributed by atoms with Gasteiger partial charge in [0.05, 0.1) is 11.3 Å². The maximum atomic E-state index is 13.1. The Bertz CT molecular complexity index is 684. The maximum absolute atomic E-state index is 13.1. The highest BCUT2D eigenvalue weighted by molar-refractivity contribution is 7.98. The van der Waals surface area contributed by atoms with Gasteiger partial charge in [0.15, 0.2) is 5.16 Å². The number of aromatic nitrogens is 2. The molecule has 5 nitrogen and oxygen atoms in total. The Labute approximate surface area is 126 Å². The number of nitriles is 1. The molecular formula is C14H14FN5S. The third kappa shape index (κ3) is 3.83. The molecule has 0 fully saturated rings. The third-order valence-corrected chi connectivity index (χ3v) is 3.16. The fourth-order valence-corrected chi connectivity index (χ4v) is 2.09. The zero-order chi connectivity index (χ0) is 15.2. The molecule has 0 spiro atoms. The molecule has 0 saturated heterocycles. The molecule has 2 rings (SSSR count). The summed E-state index contributed by atoms with van der Waals surface area (Å²) in [5, 5.41) is 15.8. The van der Waals surface area contributed by atoms with Gasteiger partial charge in [0.1, 0.15) is 23.5 Å². The quantitative estimate of drug-likeness (QED) is 0.651. The van der Waals surface area contributed by atoms with Crippen molar-refractivity contribution in [3.8, 4) is 6.07 Å². The van der Waals surface area contributed by atoms with E-state index in [1.165, 1.54) is 30.0 Å². The second-order valence-corrected chi connectivity index (χ2v) is 4.86. The lowest BCUT2D eigenvalue weighted by Crippen LogP contribution is -2.04. The van der Waals surface area contributed by atoms with E-state index in [9.17, 15) is 4.39 Å². The summed E-state index contributed by atoms with van der Waals surface area (Å²) < 4.78 is 13.1. The Balaban J connectivity index is 2.35. The van der Waals surface area contributed by atoms with E-state index in [-0.39, 0.29) is 5.56 Å². The number of rotatable bonds is 5. The van der Waals surface area contributed by atoms with Crippen LogP contribution in [-0.4, -0.2) is 22.8 Å². The maximum Gasteiger partial charge on any atom is 0.191 e. The summed E-state index contributed by atoms with van der Waals surface area (Å²) in [5.74, 6) is 0.798. The van der Waals surface area contributed by atoms with Crippen molar-refractivity contribution in [1.29, 1.82) is 5.26 Å². The normalized spacial score (nSPS) is 10.0. The zero-order valence-electron chi connectivity index (χ0n) is 11.6. The van der Waals surface area contributed by atoms with Crippen LogP contribution in [0.4, 0.5) is 21.7 Å². The van der Waals surface area contributed by atoms with Crippen molar-refractivity contribution in [2.75, 3.05) is 23.4 Å². The van der Waals surface area contributed by atoms with Crippen molar-refractivity contribution in [2.24, 2.45) is 0 Å².